The first kappa shape index (κ1) is 34.2. The Bertz CT molecular complexity index is 1060. The fraction of sp³-hybridized carbons (Fsp3) is 0.667. The van der Waals surface area contributed by atoms with Crippen LogP contribution in [-0.2, 0) is 30.3 Å². The minimum atomic E-state index is -0.789. The fourth-order valence-corrected chi connectivity index (χ4v) is 5.02. The minimum absolute atomic E-state index is 0.111. The second-order valence-electron chi connectivity index (χ2n) is 14.0. The van der Waals surface area contributed by atoms with Crippen LogP contribution in [0.1, 0.15) is 93.1 Å². The lowest BCUT2D eigenvalue weighted by Crippen LogP contribution is -2.49. The molecular formula is C33H50N2O6. The molecule has 0 spiro atoms. The van der Waals surface area contributed by atoms with Gasteiger partial charge in [0.1, 0.15) is 5.60 Å². The van der Waals surface area contributed by atoms with E-state index in [1.807, 2.05) is 85.7 Å². The Morgan fingerprint density at radius 2 is 1.54 bits per heavy atom. The molecule has 0 aliphatic carbocycles. The summed E-state index contributed by atoms with van der Waals surface area (Å²) in [5, 5.41) is 2.96. The highest BCUT2D eigenvalue weighted by Gasteiger charge is 2.35. The normalized spacial score (nSPS) is 16.2. The van der Waals surface area contributed by atoms with E-state index in [1.165, 1.54) is 0 Å². The van der Waals surface area contributed by atoms with Gasteiger partial charge in [0.2, 0.25) is 11.7 Å². The summed E-state index contributed by atoms with van der Waals surface area (Å²) in [7, 11) is 0. The van der Waals surface area contributed by atoms with Gasteiger partial charge in [0, 0.05) is 37.8 Å². The van der Waals surface area contributed by atoms with E-state index in [4.69, 9.17) is 4.74 Å². The van der Waals surface area contributed by atoms with Crippen LogP contribution in [-0.4, -0.2) is 59.0 Å². The number of carbonyl (C=O) groups is 5. The van der Waals surface area contributed by atoms with Crippen LogP contribution in [0.15, 0.2) is 30.3 Å². The third-order valence-corrected chi connectivity index (χ3v) is 7.04. The van der Waals surface area contributed by atoms with E-state index in [1.54, 1.807) is 4.90 Å². The SMILES string of the molecule is CC(C)C[C@H](NC(=O)C1CCN(C(=O)OC(C)(C)C)CC1)C(=O)CC(Cc1ccccc1)C(=O)C(=O)CC(C)(C)C. The molecule has 1 fully saturated rings. The Labute approximate surface area is 246 Å². The van der Waals surface area contributed by atoms with Crippen LogP contribution in [0.3, 0.4) is 0 Å². The summed E-state index contributed by atoms with van der Waals surface area (Å²) in [4.78, 5) is 67.1. The quantitative estimate of drug-likeness (QED) is 0.330. The predicted octanol–water partition coefficient (Wildman–Crippen LogP) is 5.56. The van der Waals surface area contributed by atoms with Crippen LogP contribution in [0.25, 0.3) is 0 Å². The molecule has 1 aromatic carbocycles. The number of ether oxygens (including phenoxy) is 1. The van der Waals surface area contributed by atoms with Crippen LogP contribution < -0.4 is 5.32 Å². The number of nitrogens with zero attached hydrogens (tertiary/aromatic N) is 1. The van der Waals surface area contributed by atoms with E-state index in [2.05, 4.69) is 5.32 Å². The van der Waals surface area contributed by atoms with Gasteiger partial charge in [-0.05, 0) is 63.4 Å². The van der Waals surface area contributed by atoms with E-state index >= 15 is 0 Å². The fourth-order valence-electron chi connectivity index (χ4n) is 5.02. The molecule has 2 rings (SSSR count). The van der Waals surface area contributed by atoms with Gasteiger partial charge in [-0.2, -0.15) is 0 Å². The van der Waals surface area contributed by atoms with E-state index in [9.17, 15) is 24.0 Å². The summed E-state index contributed by atoms with van der Waals surface area (Å²) in [6, 6.07) is 8.63. The molecule has 1 saturated heterocycles. The molecule has 1 aliphatic heterocycles. The monoisotopic (exact) mass is 570 g/mol. The number of piperidine rings is 1. The summed E-state index contributed by atoms with van der Waals surface area (Å²) in [5.41, 5.74) is -0.0583. The molecule has 1 heterocycles. The van der Waals surface area contributed by atoms with Crippen LogP contribution in [0.2, 0.25) is 0 Å². The molecule has 2 amide bonds. The number of carbonyl (C=O) groups excluding carboxylic acids is 5. The summed E-state index contributed by atoms with van der Waals surface area (Å²) >= 11 is 0. The lowest BCUT2D eigenvalue weighted by Gasteiger charge is -2.33. The number of likely N-dealkylation sites (tertiary alicyclic amines) is 1. The summed E-state index contributed by atoms with van der Waals surface area (Å²) in [6.45, 7) is 15.9. The van der Waals surface area contributed by atoms with Crippen molar-refractivity contribution >= 4 is 29.4 Å². The molecule has 1 unspecified atom stereocenters. The molecule has 0 radical (unpaired) electrons. The van der Waals surface area contributed by atoms with Gasteiger partial charge in [-0.25, -0.2) is 4.79 Å². The van der Waals surface area contributed by atoms with Crippen molar-refractivity contribution in [2.75, 3.05) is 13.1 Å². The smallest absolute Gasteiger partial charge is 0.410 e. The van der Waals surface area contributed by atoms with Gasteiger partial charge in [0.25, 0.3) is 0 Å². The van der Waals surface area contributed by atoms with E-state index in [-0.39, 0.29) is 54.3 Å². The van der Waals surface area contributed by atoms with Crippen molar-refractivity contribution in [3.05, 3.63) is 35.9 Å². The largest absolute Gasteiger partial charge is 0.444 e. The maximum absolute atomic E-state index is 13.6. The van der Waals surface area contributed by atoms with Gasteiger partial charge in [0.15, 0.2) is 11.6 Å². The van der Waals surface area contributed by atoms with Crippen molar-refractivity contribution in [3.8, 4) is 0 Å². The summed E-state index contributed by atoms with van der Waals surface area (Å²) < 4.78 is 5.45. The maximum Gasteiger partial charge on any atom is 0.410 e. The lowest BCUT2D eigenvalue weighted by molar-refractivity contribution is -0.141. The summed E-state index contributed by atoms with van der Waals surface area (Å²) in [6.07, 6.45) is 1.28. The molecular weight excluding hydrogens is 520 g/mol. The third-order valence-electron chi connectivity index (χ3n) is 7.04. The zero-order valence-electron chi connectivity index (χ0n) is 26.2. The van der Waals surface area contributed by atoms with Crippen molar-refractivity contribution in [1.82, 2.24) is 10.2 Å². The summed E-state index contributed by atoms with van der Waals surface area (Å²) in [5.74, 6) is -2.44. The first-order valence-corrected chi connectivity index (χ1v) is 14.9. The van der Waals surface area contributed by atoms with E-state index in [0.29, 0.717) is 32.4 Å². The Balaban J connectivity index is 2.12. The van der Waals surface area contributed by atoms with E-state index in [0.717, 1.165) is 5.56 Å². The van der Waals surface area contributed by atoms with Gasteiger partial charge in [0.05, 0.1) is 6.04 Å². The van der Waals surface area contributed by atoms with Crippen LogP contribution in [0, 0.1) is 23.2 Å². The number of nitrogens with one attached hydrogen (secondary N) is 1. The molecule has 228 valence electrons. The minimum Gasteiger partial charge on any atom is -0.444 e. The number of amides is 2. The molecule has 0 bridgehead atoms. The van der Waals surface area contributed by atoms with Crippen LogP contribution in [0.4, 0.5) is 4.79 Å². The van der Waals surface area contributed by atoms with Crippen molar-refractivity contribution < 1.29 is 28.7 Å². The van der Waals surface area contributed by atoms with Crippen LogP contribution >= 0.6 is 0 Å². The standard InChI is InChI=1S/C33H50N2O6/c1-22(2)18-26(34-30(39)24-14-16-35(17-15-24)31(40)41-33(6,7)8)27(36)20-25(19-23-12-10-9-11-13-23)29(38)28(37)21-32(3,4)5/h9-13,22,24-26H,14-21H2,1-8H3,(H,34,39)/t25?,26-/m0/s1. The maximum atomic E-state index is 13.6. The Kier molecular flexibility index (Phi) is 12.3. The number of benzene rings is 1. The lowest BCUT2D eigenvalue weighted by atomic mass is 9.82. The molecule has 0 saturated carbocycles. The van der Waals surface area contributed by atoms with Crippen LogP contribution in [0.5, 0.6) is 0 Å². The average molecular weight is 571 g/mol. The zero-order chi connectivity index (χ0) is 31.0. The molecule has 8 heteroatoms. The predicted molar refractivity (Wildman–Crippen MR) is 159 cm³/mol. The topological polar surface area (TPSA) is 110 Å². The van der Waals surface area contributed by atoms with Gasteiger partial charge in [-0.3, -0.25) is 19.2 Å². The highest BCUT2D eigenvalue weighted by molar-refractivity contribution is 6.38. The molecule has 8 nitrogen and oxygen atoms in total. The van der Waals surface area contributed by atoms with Gasteiger partial charge in [-0.15, -0.1) is 0 Å². The second-order valence-corrected chi connectivity index (χ2v) is 14.0. The van der Waals surface area contributed by atoms with Crippen molar-refractivity contribution in [3.63, 3.8) is 0 Å². The molecule has 1 N–H and O–H groups in total. The first-order chi connectivity index (χ1) is 18.9. The van der Waals surface area contributed by atoms with E-state index < -0.39 is 29.1 Å². The average Bonchev–Trinajstić information content (AvgIpc) is 2.85. The van der Waals surface area contributed by atoms with Crippen molar-refractivity contribution in [2.24, 2.45) is 23.2 Å². The molecule has 1 aliphatic rings. The molecule has 41 heavy (non-hydrogen) atoms. The van der Waals surface area contributed by atoms with Gasteiger partial charge < -0.3 is 15.0 Å². The third kappa shape index (κ3) is 12.2. The highest BCUT2D eigenvalue weighted by atomic mass is 16.6. The first-order valence-electron chi connectivity index (χ1n) is 14.9. The number of hydrogen-bond acceptors (Lipinski definition) is 6. The molecule has 0 aromatic heterocycles. The number of ketones is 3. The molecule has 1 aromatic rings. The molecule has 2 atom stereocenters. The Hall–Kier alpha value is -3.03. The van der Waals surface area contributed by atoms with Crippen molar-refractivity contribution in [1.29, 1.82) is 0 Å². The number of Topliss-reactive ketones (excluding diaryl/α,β-unsaturated/α-hetero) is 3. The Morgan fingerprint density at radius 3 is 2.05 bits per heavy atom. The highest BCUT2D eigenvalue weighted by Crippen LogP contribution is 2.24. The Morgan fingerprint density at radius 1 is 0.951 bits per heavy atom. The second kappa shape index (κ2) is 14.7. The number of rotatable bonds is 12. The van der Waals surface area contributed by atoms with Gasteiger partial charge in [-0.1, -0.05) is 65.0 Å². The number of hydrogen-bond donors (Lipinski definition) is 1. The zero-order valence-corrected chi connectivity index (χ0v) is 26.2. The van der Waals surface area contributed by atoms with Gasteiger partial charge >= 0.3 is 6.09 Å². The van der Waals surface area contributed by atoms with Crippen molar-refractivity contribution in [2.45, 2.75) is 106 Å².